The summed E-state index contributed by atoms with van der Waals surface area (Å²) in [5.41, 5.74) is 1.07. The fourth-order valence-corrected chi connectivity index (χ4v) is 1.28. The number of aromatic nitrogens is 5. The Hall–Kier alpha value is -1.82. The fraction of sp³-hybridized carbons (Fsp3) is 0.400. The number of nitrogens with one attached hydrogen (secondary N) is 1. The second kappa shape index (κ2) is 5.32. The van der Waals surface area contributed by atoms with Crippen LogP contribution in [0.2, 0.25) is 0 Å². The molecular weight excluding hydrogens is 204 g/mol. The van der Waals surface area contributed by atoms with Gasteiger partial charge < -0.3 is 5.32 Å². The van der Waals surface area contributed by atoms with Gasteiger partial charge in [0.15, 0.2) is 0 Å². The molecule has 6 nitrogen and oxygen atoms in total. The lowest BCUT2D eigenvalue weighted by molar-refractivity contribution is 0.669. The van der Waals surface area contributed by atoms with Crippen molar-refractivity contribution in [2.45, 2.75) is 19.9 Å². The lowest BCUT2D eigenvalue weighted by Gasteiger charge is -2.03. The second-order valence-corrected chi connectivity index (χ2v) is 3.41. The number of nitrogens with zero attached hydrogens (tertiary/aromatic N) is 5. The van der Waals surface area contributed by atoms with E-state index < -0.39 is 0 Å². The van der Waals surface area contributed by atoms with Crippen LogP contribution in [-0.4, -0.2) is 31.3 Å². The molecule has 2 rings (SSSR count). The average molecular weight is 218 g/mol. The zero-order valence-corrected chi connectivity index (χ0v) is 9.17. The van der Waals surface area contributed by atoms with Gasteiger partial charge in [-0.1, -0.05) is 6.92 Å². The van der Waals surface area contributed by atoms with E-state index in [0.717, 1.165) is 25.1 Å². The van der Waals surface area contributed by atoms with Gasteiger partial charge in [-0.05, 0) is 13.0 Å². The van der Waals surface area contributed by atoms with Gasteiger partial charge in [0.05, 0.1) is 0 Å². The number of hydrogen-bond acceptors (Lipinski definition) is 5. The molecule has 0 spiro atoms. The smallest absolute Gasteiger partial charge is 0.251 e. The van der Waals surface area contributed by atoms with E-state index in [4.69, 9.17) is 0 Å². The Morgan fingerprint density at radius 2 is 2.12 bits per heavy atom. The third kappa shape index (κ3) is 2.60. The van der Waals surface area contributed by atoms with Crippen LogP contribution in [-0.2, 0) is 6.54 Å². The van der Waals surface area contributed by atoms with Gasteiger partial charge in [-0.2, -0.15) is 9.78 Å². The van der Waals surface area contributed by atoms with Gasteiger partial charge in [0.1, 0.15) is 12.7 Å². The first kappa shape index (κ1) is 10.7. The van der Waals surface area contributed by atoms with Gasteiger partial charge in [-0.3, -0.25) is 0 Å². The monoisotopic (exact) mass is 218 g/mol. The fourth-order valence-electron chi connectivity index (χ4n) is 1.28. The highest BCUT2D eigenvalue weighted by Gasteiger charge is 2.00. The van der Waals surface area contributed by atoms with Crippen molar-refractivity contribution in [2.75, 3.05) is 6.54 Å². The van der Waals surface area contributed by atoms with Crippen LogP contribution >= 0.6 is 0 Å². The van der Waals surface area contributed by atoms with Crippen LogP contribution in [0.25, 0.3) is 5.95 Å². The molecule has 0 aliphatic carbocycles. The van der Waals surface area contributed by atoms with Crippen molar-refractivity contribution < 1.29 is 0 Å². The molecule has 6 heteroatoms. The van der Waals surface area contributed by atoms with Crippen molar-refractivity contribution in [1.82, 2.24) is 30.0 Å². The predicted molar refractivity (Wildman–Crippen MR) is 58.9 cm³/mol. The first-order valence-corrected chi connectivity index (χ1v) is 5.27. The maximum absolute atomic E-state index is 4.21. The van der Waals surface area contributed by atoms with Crippen molar-refractivity contribution in [3.05, 3.63) is 30.6 Å². The van der Waals surface area contributed by atoms with Crippen molar-refractivity contribution in [2.24, 2.45) is 0 Å². The SMILES string of the molecule is CCCNCc1cnc(-n2cncn2)nc1. The van der Waals surface area contributed by atoms with Crippen molar-refractivity contribution in [1.29, 1.82) is 0 Å². The Morgan fingerprint density at radius 1 is 1.31 bits per heavy atom. The van der Waals surface area contributed by atoms with E-state index >= 15 is 0 Å². The van der Waals surface area contributed by atoms with Crippen LogP contribution in [0.5, 0.6) is 0 Å². The molecule has 2 heterocycles. The van der Waals surface area contributed by atoms with Gasteiger partial charge in [0.25, 0.3) is 5.95 Å². The summed E-state index contributed by atoms with van der Waals surface area (Å²) < 4.78 is 1.53. The first-order valence-electron chi connectivity index (χ1n) is 5.27. The van der Waals surface area contributed by atoms with Crippen LogP contribution in [0.1, 0.15) is 18.9 Å². The molecule has 0 fully saturated rings. The maximum Gasteiger partial charge on any atom is 0.251 e. The molecule has 0 radical (unpaired) electrons. The summed E-state index contributed by atoms with van der Waals surface area (Å²) >= 11 is 0. The summed E-state index contributed by atoms with van der Waals surface area (Å²) in [5, 5.41) is 7.25. The average Bonchev–Trinajstić information content (AvgIpc) is 2.84. The molecule has 2 aromatic heterocycles. The van der Waals surface area contributed by atoms with Gasteiger partial charge in [-0.25, -0.2) is 15.0 Å². The van der Waals surface area contributed by atoms with E-state index in [1.807, 2.05) is 0 Å². The molecule has 0 unspecified atom stereocenters. The highest BCUT2D eigenvalue weighted by atomic mass is 15.4. The molecule has 16 heavy (non-hydrogen) atoms. The number of rotatable bonds is 5. The Labute approximate surface area is 93.8 Å². The molecule has 84 valence electrons. The third-order valence-electron chi connectivity index (χ3n) is 2.07. The minimum Gasteiger partial charge on any atom is -0.313 e. The Kier molecular flexibility index (Phi) is 3.55. The Morgan fingerprint density at radius 3 is 2.75 bits per heavy atom. The Balaban J connectivity index is 2.00. The lowest BCUT2D eigenvalue weighted by atomic mass is 10.3. The van der Waals surface area contributed by atoms with E-state index in [-0.39, 0.29) is 0 Å². The minimum absolute atomic E-state index is 0.539. The molecule has 0 atom stereocenters. The van der Waals surface area contributed by atoms with E-state index in [1.165, 1.54) is 11.0 Å². The molecule has 0 aliphatic rings. The molecular formula is C10H14N6. The van der Waals surface area contributed by atoms with Crippen LogP contribution in [0.15, 0.2) is 25.0 Å². The van der Waals surface area contributed by atoms with Gasteiger partial charge in [-0.15, -0.1) is 0 Å². The normalized spacial score (nSPS) is 10.6. The highest BCUT2D eigenvalue weighted by molar-refractivity contribution is 5.12. The van der Waals surface area contributed by atoms with Crippen LogP contribution in [0.4, 0.5) is 0 Å². The molecule has 0 aliphatic heterocycles. The van der Waals surface area contributed by atoms with Crippen molar-refractivity contribution >= 4 is 0 Å². The second-order valence-electron chi connectivity index (χ2n) is 3.41. The van der Waals surface area contributed by atoms with Gasteiger partial charge in [0.2, 0.25) is 0 Å². The highest BCUT2D eigenvalue weighted by Crippen LogP contribution is 1.99. The van der Waals surface area contributed by atoms with Crippen LogP contribution in [0.3, 0.4) is 0 Å². The summed E-state index contributed by atoms with van der Waals surface area (Å²) in [5.74, 6) is 0.539. The molecule has 1 N–H and O–H groups in total. The molecule has 2 aromatic rings. The third-order valence-corrected chi connectivity index (χ3v) is 2.07. The summed E-state index contributed by atoms with van der Waals surface area (Å²) in [7, 11) is 0. The molecule has 0 saturated heterocycles. The summed E-state index contributed by atoms with van der Waals surface area (Å²) in [6.07, 6.45) is 7.75. The standard InChI is InChI=1S/C10H14N6/c1-2-3-11-4-9-5-13-10(14-6-9)16-8-12-7-15-16/h5-8,11H,2-4H2,1H3. The van der Waals surface area contributed by atoms with Crippen molar-refractivity contribution in [3.63, 3.8) is 0 Å². The quantitative estimate of drug-likeness (QED) is 0.742. The van der Waals surface area contributed by atoms with E-state index in [9.17, 15) is 0 Å². The van der Waals surface area contributed by atoms with Gasteiger partial charge in [0, 0.05) is 24.5 Å². The predicted octanol–water partition coefficient (Wildman–Crippen LogP) is 0.557. The summed E-state index contributed by atoms with van der Waals surface area (Å²) in [6, 6.07) is 0. The molecule has 0 aromatic carbocycles. The number of hydrogen-bond donors (Lipinski definition) is 1. The topological polar surface area (TPSA) is 68.5 Å². The summed E-state index contributed by atoms with van der Waals surface area (Å²) in [6.45, 7) is 3.94. The Bertz CT molecular complexity index is 407. The van der Waals surface area contributed by atoms with E-state index in [0.29, 0.717) is 5.95 Å². The minimum atomic E-state index is 0.539. The largest absolute Gasteiger partial charge is 0.313 e. The maximum atomic E-state index is 4.21. The lowest BCUT2D eigenvalue weighted by Crippen LogP contribution is -2.14. The molecule has 0 amide bonds. The van der Waals surface area contributed by atoms with E-state index in [2.05, 4.69) is 32.3 Å². The van der Waals surface area contributed by atoms with Gasteiger partial charge >= 0.3 is 0 Å². The van der Waals surface area contributed by atoms with E-state index in [1.54, 1.807) is 18.7 Å². The van der Waals surface area contributed by atoms with Crippen LogP contribution in [0, 0.1) is 0 Å². The molecule has 0 bridgehead atoms. The zero-order valence-electron chi connectivity index (χ0n) is 9.17. The van der Waals surface area contributed by atoms with Crippen LogP contribution < -0.4 is 5.32 Å². The first-order chi connectivity index (χ1) is 7.90. The zero-order chi connectivity index (χ0) is 11.2. The molecule has 0 saturated carbocycles. The summed E-state index contributed by atoms with van der Waals surface area (Å²) in [4.78, 5) is 12.3. The van der Waals surface area contributed by atoms with Crippen molar-refractivity contribution in [3.8, 4) is 5.95 Å².